The molecule has 0 radical (unpaired) electrons. The second-order valence-electron chi connectivity index (χ2n) is 7.53. The van der Waals surface area contributed by atoms with Crippen molar-refractivity contribution in [2.24, 2.45) is 5.92 Å². The zero-order valence-electron chi connectivity index (χ0n) is 17.3. The van der Waals surface area contributed by atoms with Crippen molar-refractivity contribution in [3.8, 4) is 5.75 Å². The number of piperidine rings is 1. The molecule has 7 heteroatoms. The van der Waals surface area contributed by atoms with Crippen LogP contribution >= 0.6 is 0 Å². The number of likely N-dealkylation sites (tertiary alicyclic amines) is 1. The highest BCUT2D eigenvalue weighted by atomic mass is 16.6. The molecule has 7 nitrogen and oxygen atoms in total. The number of hydrogen-bond donors (Lipinski definition) is 1. The van der Waals surface area contributed by atoms with Gasteiger partial charge >= 0.3 is 0 Å². The van der Waals surface area contributed by atoms with Gasteiger partial charge in [0.05, 0.1) is 12.0 Å². The normalized spacial score (nSPS) is 19.5. The number of rotatable bonds is 7. The molecule has 1 fully saturated rings. The number of carbonyl (C=O) groups is 1. The zero-order valence-corrected chi connectivity index (χ0v) is 17.3. The van der Waals surface area contributed by atoms with E-state index in [2.05, 4.69) is 29.4 Å². The van der Waals surface area contributed by atoms with E-state index < -0.39 is 4.92 Å². The summed E-state index contributed by atoms with van der Waals surface area (Å²) in [5.41, 5.74) is 1.99. The minimum Gasteiger partial charge on any atom is -0.497 e. The highest BCUT2D eigenvalue weighted by molar-refractivity contribution is 5.91. The molecule has 30 heavy (non-hydrogen) atoms. The Morgan fingerprint density at radius 3 is 2.57 bits per heavy atom. The fourth-order valence-corrected chi connectivity index (χ4v) is 3.97. The quantitative estimate of drug-likeness (QED) is 0.427. The van der Waals surface area contributed by atoms with Gasteiger partial charge in [0, 0.05) is 30.8 Å². The molecular weight excluding hydrogens is 382 g/mol. The van der Waals surface area contributed by atoms with E-state index in [0.717, 1.165) is 30.7 Å². The molecule has 1 saturated heterocycles. The van der Waals surface area contributed by atoms with E-state index in [1.165, 1.54) is 23.8 Å². The van der Waals surface area contributed by atoms with E-state index in [4.69, 9.17) is 4.74 Å². The predicted molar refractivity (Wildman–Crippen MR) is 116 cm³/mol. The maximum absolute atomic E-state index is 12.3. The smallest absolute Gasteiger partial charge is 0.269 e. The lowest BCUT2D eigenvalue weighted by Gasteiger charge is -2.39. The highest BCUT2D eigenvalue weighted by Gasteiger charge is 2.30. The summed E-state index contributed by atoms with van der Waals surface area (Å²) in [7, 11) is 3.78. The summed E-state index contributed by atoms with van der Waals surface area (Å²) in [5, 5.41) is 13.7. The maximum atomic E-state index is 12.3. The molecule has 0 spiro atoms. The molecule has 3 rings (SSSR count). The molecule has 158 valence electrons. The molecule has 0 aromatic heterocycles. The molecule has 1 N–H and O–H groups in total. The molecule has 0 bridgehead atoms. The van der Waals surface area contributed by atoms with Crippen LogP contribution in [0.2, 0.25) is 0 Å². The van der Waals surface area contributed by atoms with E-state index in [-0.39, 0.29) is 17.6 Å². The number of nitrogens with zero attached hydrogens (tertiary/aromatic N) is 2. The second kappa shape index (κ2) is 10.0. The van der Waals surface area contributed by atoms with Crippen LogP contribution in [0.4, 0.5) is 5.69 Å². The second-order valence-corrected chi connectivity index (χ2v) is 7.53. The number of non-ortho nitro benzene ring substituents is 1. The van der Waals surface area contributed by atoms with E-state index >= 15 is 0 Å². The van der Waals surface area contributed by atoms with Crippen LogP contribution in [0.1, 0.15) is 30.0 Å². The Hall–Kier alpha value is -3.19. The summed E-state index contributed by atoms with van der Waals surface area (Å²) in [5.74, 6) is 0.974. The minimum atomic E-state index is -0.444. The zero-order chi connectivity index (χ0) is 21.5. The summed E-state index contributed by atoms with van der Waals surface area (Å²) < 4.78 is 5.26. The van der Waals surface area contributed by atoms with Gasteiger partial charge in [-0.05, 0) is 73.8 Å². The van der Waals surface area contributed by atoms with E-state index in [9.17, 15) is 14.9 Å². The molecule has 2 aromatic rings. The van der Waals surface area contributed by atoms with Gasteiger partial charge in [0.2, 0.25) is 5.91 Å². The number of benzene rings is 2. The van der Waals surface area contributed by atoms with Gasteiger partial charge in [-0.2, -0.15) is 0 Å². The molecule has 1 amide bonds. The average molecular weight is 409 g/mol. The Kier molecular flexibility index (Phi) is 7.19. The lowest BCUT2D eigenvalue weighted by Crippen LogP contribution is -2.41. The summed E-state index contributed by atoms with van der Waals surface area (Å²) in [6.45, 7) is 1.62. The molecule has 1 heterocycles. The molecule has 0 saturated carbocycles. The first-order chi connectivity index (χ1) is 14.5. The van der Waals surface area contributed by atoms with Crippen LogP contribution in [0.5, 0.6) is 5.75 Å². The van der Waals surface area contributed by atoms with Gasteiger partial charge in [0.25, 0.3) is 5.69 Å². The molecule has 1 aliphatic rings. The van der Waals surface area contributed by atoms with Gasteiger partial charge in [-0.3, -0.25) is 19.8 Å². The molecule has 2 atom stereocenters. The summed E-state index contributed by atoms with van der Waals surface area (Å²) in [6, 6.07) is 14.5. The SMILES string of the molecule is COc1ccc(C2C(CNC(=O)/C=C/c3ccc([N+](=O)[O-])cc3)CCCN2C)cc1. The van der Waals surface area contributed by atoms with Gasteiger partial charge < -0.3 is 10.1 Å². The van der Waals surface area contributed by atoms with E-state index in [1.807, 2.05) is 12.1 Å². The number of amides is 1. The Balaban J connectivity index is 1.60. The molecule has 0 aliphatic carbocycles. The predicted octanol–water partition coefficient (Wildman–Crippen LogP) is 3.82. The van der Waals surface area contributed by atoms with Crippen molar-refractivity contribution in [1.82, 2.24) is 10.2 Å². The van der Waals surface area contributed by atoms with Crippen LogP contribution in [0.15, 0.2) is 54.6 Å². The lowest BCUT2D eigenvalue weighted by atomic mass is 9.85. The van der Waals surface area contributed by atoms with Crippen LogP contribution in [0.3, 0.4) is 0 Å². The number of hydrogen-bond acceptors (Lipinski definition) is 5. The number of methoxy groups -OCH3 is 1. The van der Waals surface area contributed by atoms with Crippen LogP contribution in [0, 0.1) is 16.0 Å². The first-order valence-electron chi connectivity index (χ1n) is 10.0. The number of nitro groups is 1. The first kappa shape index (κ1) is 21.5. The van der Waals surface area contributed by atoms with E-state index in [1.54, 1.807) is 25.3 Å². The van der Waals surface area contributed by atoms with Crippen molar-refractivity contribution in [3.05, 3.63) is 75.8 Å². The first-order valence-corrected chi connectivity index (χ1v) is 10.0. The fraction of sp³-hybridized carbons (Fsp3) is 0.348. The van der Waals surface area contributed by atoms with Crippen molar-refractivity contribution >= 4 is 17.7 Å². The van der Waals surface area contributed by atoms with Gasteiger partial charge in [-0.15, -0.1) is 0 Å². The third-order valence-electron chi connectivity index (χ3n) is 5.53. The van der Waals surface area contributed by atoms with Crippen molar-refractivity contribution in [2.45, 2.75) is 18.9 Å². The monoisotopic (exact) mass is 409 g/mol. The lowest BCUT2D eigenvalue weighted by molar-refractivity contribution is -0.384. The fourth-order valence-electron chi connectivity index (χ4n) is 3.97. The Bertz CT molecular complexity index is 894. The topological polar surface area (TPSA) is 84.7 Å². The standard InChI is InChI=1S/C23H27N3O4/c1-25-15-3-4-19(23(25)18-8-12-21(30-2)13-9-18)16-24-22(27)14-7-17-5-10-20(11-6-17)26(28)29/h5-14,19,23H,3-4,15-16H2,1-2H3,(H,24,27)/b14-7+. The third kappa shape index (κ3) is 5.45. The van der Waals surface area contributed by atoms with Crippen molar-refractivity contribution in [1.29, 1.82) is 0 Å². The number of nitro benzene ring substituents is 1. The van der Waals surface area contributed by atoms with Crippen LogP contribution in [-0.4, -0.2) is 43.0 Å². The summed E-state index contributed by atoms with van der Waals surface area (Å²) in [4.78, 5) is 24.9. The van der Waals surface area contributed by atoms with Crippen molar-refractivity contribution in [3.63, 3.8) is 0 Å². The summed E-state index contributed by atoms with van der Waals surface area (Å²) in [6.07, 6.45) is 5.28. The average Bonchev–Trinajstić information content (AvgIpc) is 2.76. The van der Waals surface area contributed by atoms with Crippen LogP contribution < -0.4 is 10.1 Å². The van der Waals surface area contributed by atoms with Crippen LogP contribution in [0.25, 0.3) is 6.08 Å². The van der Waals surface area contributed by atoms with Gasteiger partial charge in [-0.1, -0.05) is 12.1 Å². The molecular formula is C23H27N3O4. The Labute approximate surface area is 176 Å². The third-order valence-corrected chi connectivity index (χ3v) is 5.53. The number of ether oxygens (including phenoxy) is 1. The van der Waals surface area contributed by atoms with Crippen molar-refractivity contribution < 1.29 is 14.5 Å². The summed E-state index contributed by atoms with van der Waals surface area (Å²) >= 11 is 0. The van der Waals surface area contributed by atoms with Gasteiger partial charge in [0.1, 0.15) is 5.75 Å². The van der Waals surface area contributed by atoms with E-state index in [0.29, 0.717) is 12.5 Å². The molecule has 2 aromatic carbocycles. The van der Waals surface area contributed by atoms with Gasteiger partial charge in [-0.25, -0.2) is 0 Å². The molecule has 1 aliphatic heterocycles. The number of nitrogens with one attached hydrogen (secondary N) is 1. The van der Waals surface area contributed by atoms with Crippen molar-refractivity contribution in [2.75, 3.05) is 27.2 Å². The highest BCUT2D eigenvalue weighted by Crippen LogP contribution is 2.35. The number of carbonyl (C=O) groups excluding carboxylic acids is 1. The largest absolute Gasteiger partial charge is 0.497 e. The minimum absolute atomic E-state index is 0.0302. The van der Waals surface area contributed by atoms with Gasteiger partial charge in [0.15, 0.2) is 0 Å². The van der Waals surface area contributed by atoms with Crippen LogP contribution in [-0.2, 0) is 4.79 Å². The Morgan fingerprint density at radius 1 is 1.23 bits per heavy atom. The Morgan fingerprint density at radius 2 is 1.93 bits per heavy atom. The maximum Gasteiger partial charge on any atom is 0.269 e. The molecule has 2 unspecified atom stereocenters.